The number of carbonyl (C=O) groups is 4. The van der Waals surface area contributed by atoms with E-state index in [1.165, 1.54) is 36.4 Å². The zero-order valence-corrected chi connectivity index (χ0v) is 26.8. The molecule has 1 atom stereocenters. The van der Waals surface area contributed by atoms with Crippen molar-refractivity contribution in [3.63, 3.8) is 0 Å². The van der Waals surface area contributed by atoms with Crippen LogP contribution in [0.3, 0.4) is 0 Å². The van der Waals surface area contributed by atoms with Gasteiger partial charge in [-0.05, 0) is 66.2 Å². The van der Waals surface area contributed by atoms with Crippen LogP contribution in [0, 0.1) is 10.1 Å². The predicted octanol–water partition coefficient (Wildman–Crippen LogP) is 6.88. The van der Waals surface area contributed by atoms with Crippen molar-refractivity contribution in [3.05, 3.63) is 165 Å². The number of nitro groups is 1. The second-order valence-corrected chi connectivity index (χ2v) is 11.8. The number of carboxylic acid groups (broad SMARTS) is 1. The van der Waals surface area contributed by atoms with E-state index in [9.17, 15) is 39.5 Å². The first-order valence-corrected chi connectivity index (χ1v) is 15.8. The summed E-state index contributed by atoms with van der Waals surface area (Å²) in [6.07, 6.45) is 1.22. The molecular formula is C37H28N4O8S. The molecule has 250 valence electrons. The van der Waals surface area contributed by atoms with Gasteiger partial charge in [0.05, 0.1) is 10.5 Å². The number of rotatable bonds is 12. The van der Waals surface area contributed by atoms with Gasteiger partial charge in [0.15, 0.2) is 0 Å². The number of benzene rings is 5. The van der Waals surface area contributed by atoms with E-state index < -0.39 is 39.6 Å². The topological polar surface area (TPSA) is 188 Å². The maximum Gasteiger partial charge on any atom is 0.339 e. The number of hydrogen-bond donors (Lipinski definition) is 5. The van der Waals surface area contributed by atoms with E-state index in [1.807, 2.05) is 0 Å². The van der Waals surface area contributed by atoms with E-state index in [4.69, 9.17) is 0 Å². The van der Waals surface area contributed by atoms with Crippen LogP contribution < -0.4 is 16.0 Å². The number of nitro benzene ring substituents is 1. The Hall–Kier alpha value is -6.73. The van der Waals surface area contributed by atoms with Crippen molar-refractivity contribution in [1.82, 2.24) is 5.32 Å². The Morgan fingerprint density at radius 2 is 1.42 bits per heavy atom. The summed E-state index contributed by atoms with van der Waals surface area (Å²) in [4.78, 5) is 63.4. The number of aromatic hydroxyl groups is 1. The van der Waals surface area contributed by atoms with Crippen molar-refractivity contribution in [3.8, 4) is 5.75 Å². The Balaban J connectivity index is 1.41. The SMILES string of the molecule is O=C(Nc1cccc(SC(C(=O)Nc2ccc(O)c(C(=O)O)c2)c2ccccc2)c1)/C(=C\c1ccccc1[N+](=O)[O-])NC(=O)c1ccccc1. The van der Waals surface area contributed by atoms with Crippen LogP contribution in [0.1, 0.15) is 37.1 Å². The van der Waals surface area contributed by atoms with Gasteiger partial charge in [0, 0.05) is 27.9 Å². The molecular weight excluding hydrogens is 660 g/mol. The average Bonchev–Trinajstić information content (AvgIpc) is 3.12. The lowest BCUT2D eigenvalue weighted by molar-refractivity contribution is -0.385. The van der Waals surface area contributed by atoms with Crippen molar-refractivity contribution in [2.75, 3.05) is 10.6 Å². The third kappa shape index (κ3) is 8.79. The second kappa shape index (κ2) is 15.9. The number of amides is 3. The second-order valence-electron chi connectivity index (χ2n) is 10.6. The summed E-state index contributed by atoms with van der Waals surface area (Å²) in [6, 6.07) is 33.1. The largest absolute Gasteiger partial charge is 0.507 e. The van der Waals surface area contributed by atoms with E-state index in [-0.39, 0.29) is 33.8 Å². The Kier molecular flexibility index (Phi) is 11.0. The van der Waals surface area contributed by atoms with Crippen molar-refractivity contribution in [2.24, 2.45) is 0 Å². The van der Waals surface area contributed by atoms with Crippen molar-refractivity contribution in [1.29, 1.82) is 0 Å². The number of hydrogen-bond acceptors (Lipinski definition) is 8. The number of nitrogens with zero attached hydrogens (tertiary/aromatic N) is 1. The van der Waals surface area contributed by atoms with Gasteiger partial charge in [0.25, 0.3) is 17.5 Å². The maximum absolute atomic E-state index is 13.6. The summed E-state index contributed by atoms with van der Waals surface area (Å²) in [5.41, 5.74) is 0.599. The van der Waals surface area contributed by atoms with Gasteiger partial charge >= 0.3 is 5.97 Å². The number of carboxylic acids is 1. The number of phenols is 1. The van der Waals surface area contributed by atoms with Crippen molar-refractivity contribution < 1.29 is 34.3 Å². The maximum atomic E-state index is 13.6. The first kappa shape index (κ1) is 34.6. The fraction of sp³-hybridized carbons (Fsp3) is 0.0270. The Morgan fingerprint density at radius 1 is 0.760 bits per heavy atom. The first-order chi connectivity index (χ1) is 24.1. The molecule has 0 bridgehead atoms. The molecule has 0 fully saturated rings. The van der Waals surface area contributed by atoms with Gasteiger partial charge in [-0.3, -0.25) is 24.5 Å². The predicted molar refractivity (Wildman–Crippen MR) is 189 cm³/mol. The van der Waals surface area contributed by atoms with E-state index in [2.05, 4.69) is 16.0 Å². The van der Waals surface area contributed by atoms with Gasteiger partial charge in [0.1, 0.15) is 22.3 Å². The highest BCUT2D eigenvalue weighted by atomic mass is 32.2. The van der Waals surface area contributed by atoms with E-state index in [0.717, 1.165) is 17.8 Å². The highest BCUT2D eigenvalue weighted by molar-refractivity contribution is 8.00. The van der Waals surface area contributed by atoms with Gasteiger partial charge in [-0.25, -0.2) is 4.79 Å². The molecule has 1 unspecified atom stereocenters. The standard InChI is InChI=1S/C37H28N4O8S/c42-32-19-18-27(22-29(32)37(46)47)39-36(45)33(23-10-3-1-4-11-23)50-28-16-9-15-26(21-28)38-35(44)30(40-34(43)24-12-5-2-6-13-24)20-25-14-7-8-17-31(25)41(48)49/h1-22,33,42H,(H,38,44)(H,39,45)(H,40,43)(H,46,47)/b30-20+. The molecule has 12 nitrogen and oxygen atoms in total. The van der Waals surface area contributed by atoms with Crippen LogP contribution in [0.15, 0.2) is 138 Å². The molecule has 5 aromatic carbocycles. The fourth-order valence-corrected chi connectivity index (χ4v) is 5.83. The lowest BCUT2D eigenvalue weighted by Gasteiger charge is -2.18. The van der Waals surface area contributed by atoms with Crippen molar-refractivity contribution >= 4 is 58.6 Å². The summed E-state index contributed by atoms with van der Waals surface area (Å²) in [5, 5.41) is 38.1. The molecule has 0 heterocycles. The molecule has 5 aromatic rings. The molecule has 13 heteroatoms. The van der Waals surface area contributed by atoms with Crippen LogP contribution in [-0.2, 0) is 9.59 Å². The van der Waals surface area contributed by atoms with Crippen LogP contribution in [0.4, 0.5) is 17.1 Å². The van der Waals surface area contributed by atoms with E-state index in [1.54, 1.807) is 91.0 Å². The molecule has 0 aliphatic heterocycles. The number of nitrogens with one attached hydrogen (secondary N) is 3. The third-order valence-corrected chi connectivity index (χ3v) is 8.39. The summed E-state index contributed by atoms with van der Waals surface area (Å²) in [6.45, 7) is 0. The monoisotopic (exact) mass is 688 g/mol. The van der Waals surface area contributed by atoms with Crippen LogP contribution in [0.2, 0.25) is 0 Å². The summed E-state index contributed by atoms with van der Waals surface area (Å²) < 4.78 is 0. The number of aromatic carboxylic acids is 1. The van der Waals surface area contributed by atoms with Gasteiger partial charge in [-0.1, -0.05) is 66.7 Å². The molecule has 0 aromatic heterocycles. The molecule has 0 saturated carbocycles. The van der Waals surface area contributed by atoms with Gasteiger partial charge in [-0.2, -0.15) is 0 Å². The lowest BCUT2D eigenvalue weighted by atomic mass is 10.1. The number of anilines is 2. The minimum Gasteiger partial charge on any atom is -0.507 e. The number of thioether (sulfide) groups is 1. The van der Waals surface area contributed by atoms with Crippen LogP contribution >= 0.6 is 11.8 Å². The van der Waals surface area contributed by atoms with Crippen molar-refractivity contribution in [2.45, 2.75) is 10.1 Å². The van der Waals surface area contributed by atoms with E-state index in [0.29, 0.717) is 16.1 Å². The first-order valence-electron chi connectivity index (χ1n) is 14.9. The van der Waals surface area contributed by atoms with E-state index >= 15 is 0 Å². The molecule has 5 N–H and O–H groups in total. The normalized spacial score (nSPS) is 11.6. The Labute approximate surface area is 289 Å². The lowest BCUT2D eigenvalue weighted by Crippen LogP contribution is -2.30. The quantitative estimate of drug-likeness (QED) is 0.0306. The molecule has 0 radical (unpaired) electrons. The van der Waals surface area contributed by atoms with Gasteiger partial charge in [-0.15, -0.1) is 11.8 Å². The number of para-hydroxylation sites is 1. The molecule has 3 amide bonds. The minimum atomic E-state index is -1.36. The number of carbonyl (C=O) groups excluding carboxylic acids is 3. The minimum absolute atomic E-state index is 0.0983. The summed E-state index contributed by atoms with van der Waals surface area (Å²) in [5.74, 6) is -3.63. The third-order valence-electron chi connectivity index (χ3n) is 7.14. The zero-order chi connectivity index (χ0) is 35.6. The molecule has 50 heavy (non-hydrogen) atoms. The molecule has 5 rings (SSSR count). The zero-order valence-electron chi connectivity index (χ0n) is 26.0. The highest BCUT2D eigenvalue weighted by Crippen LogP contribution is 2.37. The Morgan fingerprint density at radius 3 is 2.12 bits per heavy atom. The fourth-order valence-electron chi connectivity index (χ4n) is 4.75. The summed E-state index contributed by atoms with van der Waals surface area (Å²) in [7, 11) is 0. The summed E-state index contributed by atoms with van der Waals surface area (Å²) >= 11 is 1.16. The van der Waals surface area contributed by atoms with Gasteiger partial charge in [0.2, 0.25) is 5.91 Å². The Bertz CT molecular complexity index is 2110. The van der Waals surface area contributed by atoms with Crippen LogP contribution in [0.5, 0.6) is 5.75 Å². The van der Waals surface area contributed by atoms with Gasteiger partial charge < -0.3 is 26.2 Å². The molecule has 0 saturated heterocycles. The highest BCUT2D eigenvalue weighted by Gasteiger charge is 2.24. The van der Waals surface area contributed by atoms with Crippen LogP contribution in [-0.4, -0.2) is 38.8 Å². The smallest absolute Gasteiger partial charge is 0.339 e. The average molecular weight is 689 g/mol. The van der Waals surface area contributed by atoms with Crippen LogP contribution in [0.25, 0.3) is 6.08 Å². The molecule has 0 aliphatic rings. The molecule has 0 spiro atoms. The molecule has 0 aliphatic carbocycles.